The lowest BCUT2D eigenvalue weighted by Gasteiger charge is -2.58. The van der Waals surface area contributed by atoms with Gasteiger partial charge >= 0.3 is 0 Å². The maximum atomic E-state index is 11.9. The fraction of sp³-hybridized carbons (Fsp3) is 0.965. The summed E-state index contributed by atoms with van der Waals surface area (Å²) in [4.78, 5) is 0. The van der Waals surface area contributed by atoms with Crippen molar-refractivity contribution in [2.75, 3.05) is 46.8 Å². The van der Waals surface area contributed by atoms with Crippen LogP contribution < -0.4 is 0 Å². The predicted molar refractivity (Wildman–Crippen MR) is 283 cm³/mol. The second kappa shape index (κ2) is 26.7. The van der Waals surface area contributed by atoms with Crippen molar-refractivity contribution in [3.63, 3.8) is 0 Å². The zero-order valence-corrected chi connectivity index (χ0v) is 48.7. The number of aliphatic hydroxyl groups excluding tert-OH is 16. The standard InChI is InChI=1S/C57H94O28/c1-22(20-75-50-44(71)40(67)37(64)31(16-58)78-50)8-13-57(74-5)23(2)35-30(85-57)15-28-26-7-6-24-14-25(9-11-55(24,3)27(26)10-12-56(28,35)4)77-52-46(73)42(69)47(34(19-61)81-52)82-54-49(84-53-45(72)41(68)38(65)32(17-59)79-53)48(39(66)33(18-60)80-54)83-51-43(70)36(63)29(62)21-76-51/h6,22-23,25-54,58-73H,7-21H2,1-5H3/t22-,23-,25-,26+,27-,28-,29+,30-,31+,32+,33+,34+,35-,36-,37+,38+,39+,40-,41-,42+,43+,44+,45+,46+,47-,48-,49+,50+,51-,52+,53-,54-,55-,56-,57+/m0/s1. The molecule has 0 unspecified atom stereocenters. The Morgan fingerprint density at radius 1 is 0.588 bits per heavy atom. The van der Waals surface area contributed by atoms with E-state index in [1.165, 1.54) is 5.57 Å². The number of allylic oxidation sites excluding steroid dienone is 1. The molecule has 9 fully saturated rings. The van der Waals surface area contributed by atoms with Gasteiger partial charge in [-0.05, 0) is 91.8 Å². The first-order chi connectivity index (χ1) is 40.4. The number of rotatable bonds is 19. The molecule has 0 amide bonds. The number of methoxy groups -OCH3 is 1. The minimum atomic E-state index is -2.03. The predicted octanol–water partition coefficient (Wildman–Crippen LogP) is -4.92. The average molecular weight is 1230 g/mol. The molecule has 10 aliphatic rings. The molecule has 490 valence electrons. The topological polar surface area (TPSA) is 434 Å². The molecule has 0 aromatic rings. The van der Waals surface area contributed by atoms with E-state index < -0.39 is 192 Å². The van der Waals surface area contributed by atoms with Gasteiger partial charge in [-0.1, -0.05) is 39.3 Å². The molecular formula is C57H94O28. The fourth-order valence-electron chi connectivity index (χ4n) is 16.6. The van der Waals surface area contributed by atoms with Crippen LogP contribution in [0.2, 0.25) is 0 Å². The molecule has 16 N–H and O–H groups in total. The maximum Gasteiger partial charge on any atom is 0.187 e. The van der Waals surface area contributed by atoms with Crippen LogP contribution in [0.3, 0.4) is 0 Å². The molecular weight excluding hydrogens is 1130 g/mol. The molecule has 10 rings (SSSR count). The summed E-state index contributed by atoms with van der Waals surface area (Å²) in [6, 6.07) is 0. The number of hydrogen-bond donors (Lipinski definition) is 16. The highest BCUT2D eigenvalue weighted by molar-refractivity contribution is 5.26. The summed E-state index contributed by atoms with van der Waals surface area (Å²) in [7, 11) is 1.70. The molecule has 4 aliphatic carbocycles. The van der Waals surface area contributed by atoms with E-state index >= 15 is 0 Å². The minimum Gasteiger partial charge on any atom is -0.394 e. The lowest BCUT2D eigenvalue weighted by Crippen LogP contribution is -2.68. The summed E-state index contributed by atoms with van der Waals surface area (Å²) >= 11 is 0. The zero-order chi connectivity index (χ0) is 61.4. The Hall–Kier alpha value is -1.38. The molecule has 35 atom stereocenters. The van der Waals surface area contributed by atoms with E-state index in [1.807, 2.05) is 6.92 Å². The Morgan fingerprint density at radius 2 is 1.15 bits per heavy atom. The van der Waals surface area contributed by atoms with Crippen LogP contribution in [0.1, 0.15) is 85.5 Å². The first kappa shape index (κ1) is 66.5. The van der Waals surface area contributed by atoms with Gasteiger partial charge in [0.2, 0.25) is 0 Å². The quantitative estimate of drug-likeness (QED) is 0.0539. The van der Waals surface area contributed by atoms with Crippen molar-refractivity contribution < 1.29 is 139 Å². The van der Waals surface area contributed by atoms with E-state index in [0.717, 1.165) is 32.1 Å². The number of ether oxygens (including phenoxy) is 12. The highest BCUT2D eigenvalue weighted by atomic mass is 16.8. The number of hydrogen-bond acceptors (Lipinski definition) is 28. The van der Waals surface area contributed by atoms with Gasteiger partial charge in [0.05, 0.1) is 51.8 Å². The van der Waals surface area contributed by atoms with Crippen LogP contribution in [0.4, 0.5) is 0 Å². The van der Waals surface area contributed by atoms with Crippen LogP contribution in [-0.4, -0.2) is 294 Å². The summed E-state index contributed by atoms with van der Waals surface area (Å²) < 4.78 is 72.7. The van der Waals surface area contributed by atoms with Crippen LogP contribution in [0.25, 0.3) is 0 Å². The fourth-order valence-corrected chi connectivity index (χ4v) is 16.6. The van der Waals surface area contributed by atoms with Crippen molar-refractivity contribution in [3.05, 3.63) is 11.6 Å². The van der Waals surface area contributed by atoms with Crippen LogP contribution in [0, 0.1) is 46.3 Å². The van der Waals surface area contributed by atoms with Crippen LogP contribution in [0.15, 0.2) is 11.6 Å². The molecule has 0 aromatic carbocycles. The summed E-state index contributed by atoms with van der Waals surface area (Å²) in [5.74, 6) is 0.706. The molecule has 6 heterocycles. The SMILES string of the molecule is CO[C@]1(CC[C@H](C)CO[C@@H]2O[C@H](CO)[C@@H](O)[C@H](O)[C@H]2O)O[C@H]2C[C@H]3[C@@H]4CC=C5C[C@@H](O[C@@H]6O[C@H](CO)[C@H](O[C@@H]7O[C@H](CO)[C@@H](O)[C@H](O[C@@H]8OC[C@@H](O)[C@H](O)[C@H]8O)[C@H]7O[C@@H]7O[C@H](CO)[C@@H](O)[C@H](O)[C@H]7O)[C@H](O)[C@H]6O)CC[C@]5(C)[C@H]4CC[C@]3(C)[C@H]2[C@@H]1C. The second-order valence-corrected chi connectivity index (χ2v) is 26.4. The highest BCUT2D eigenvalue weighted by Gasteiger charge is 2.69. The van der Waals surface area contributed by atoms with Gasteiger partial charge in [0.25, 0.3) is 0 Å². The first-order valence-electron chi connectivity index (χ1n) is 30.4. The lowest BCUT2D eigenvalue weighted by molar-refractivity contribution is -0.403. The van der Waals surface area contributed by atoms with Crippen LogP contribution >= 0.6 is 0 Å². The smallest absolute Gasteiger partial charge is 0.187 e. The molecule has 0 aromatic heterocycles. The third-order valence-electron chi connectivity index (χ3n) is 21.6. The summed E-state index contributed by atoms with van der Waals surface area (Å²) in [5.41, 5.74) is 1.10. The maximum absolute atomic E-state index is 11.9. The highest BCUT2D eigenvalue weighted by Crippen LogP contribution is 2.70. The van der Waals surface area contributed by atoms with Crippen molar-refractivity contribution in [2.45, 2.75) is 251 Å². The summed E-state index contributed by atoms with van der Waals surface area (Å²) in [5, 5.41) is 170. The Labute approximate surface area is 492 Å². The third-order valence-corrected chi connectivity index (χ3v) is 21.6. The summed E-state index contributed by atoms with van der Waals surface area (Å²) in [6.45, 7) is 5.58. The van der Waals surface area contributed by atoms with E-state index in [2.05, 4.69) is 26.8 Å². The molecule has 28 heteroatoms. The van der Waals surface area contributed by atoms with E-state index in [-0.39, 0.29) is 41.3 Å². The van der Waals surface area contributed by atoms with Crippen LogP contribution in [-0.2, 0) is 56.8 Å². The Kier molecular flexibility index (Phi) is 20.9. The average Bonchev–Trinajstić information content (AvgIpc) is 1.60. The molecule has 28 nitrogen and oxygen atoms in total. The van der Waals surface area contributed by atoms with Gasteiger partial charge in [-0.25, -0.2) is 0 Å². The molecule has 6 aliphatic heterocycles. The Morgan fingerprint density at radius 3 is 1.81 bits per heavy atom. The Bertz CT molecular complexity index is 2220. The largest absolute Gasteiger partial charge is 0.394 e. The van der Waals surface area contributed by atoms with E-state index in [9.17, 15) is 81.7 Å². The van der Waals surface area contributed by atoms with E-state index in [4.69, 9.17) is 56.8 Å². The molecule has 85 heavy (non-hydrogen) atoms. The zero-order valence-electron chi connectivity index (χ0n) is 48.7. The van der Waals surface area contributed by atoms with Gasteiger partial charge in [-0.2, -0.15) is 0 Å². The number of fused-ring (bicyclic) bond motifs is 7. The van der Waals surface area contributed by atoms with Gasteiger partial charge < -0.3 is 139 Å². The summed E-state index contributed by atoms with van der Waals surface area (Å²) in [6.07, 6.45) is -31.5. The monoisotopic (exact) mass is 1230 g/mol. The molecule has 0 bridgehead atoms. The molecule has 0 radical (unpaired) electrons. The Balaban J connectivity index is 0.777. The van der Waals surface area contributed by atoms with Gasteiger partial charge in [-0.3, -0.25) is 0 Å². The van der Waals surface area contributed by atoms with Crippen LogP contribution in [0.5, 0.6) is 0 Å². The second-order valence-electron chi connectivity index (χ2n) is 26.4. The van der Waals surface area contributed by atoms with Gasteiger partial charge in [0, 0.05) is 19.4 Å². The van der Waals surface area contributed by atoms with Gasteiger partial charge in [0.15, 0.2) is 37.2 Å². The number of aliphatic hydroxyl groups is 16. The van der Waals surface area contributed by atoms with E-state index in [1.54, 1.807) is 7.11 Å². The van der Waals surface area contributed by atoms with E-state index in [0.29, 0.717) is 43.4 Å². The molecule has 3 saturated carbocycles. The minimum absolute atomic E-state index is 0.00163. The third kappa shape index (κ3) is 12.2. The normalized spacial score (nSPS) is 53.9. The first-order valence-corrected chi connectivity index (χ1v) is 30.4. The van der Waals surface area contributed by atoms with Crippen molar-refractivity contribution in [3.8, 4) is 0 Å². The molecule has 0 spiro atoms. The van der Waals surface area contributed by atoms with Gasteiger partial charge in [-0.15, -0.1) is 0 Å². The van der Waals surface area contributed by atoms with Crippen molar-refractivity contribution in [1.82, 2.24) is 0 Å². The van der Waals surface area contributed by atoms with Crippen molar-refractivity contribution in [2.24, 2.45) is 46.3 Å². The van der Waals surface area contributed by atoms with Crippen molar-refractivity contribution in [1.29, 1.82) is 0 Å². The van der Waals surface area contributed by atoms with Gasteiger partial charge in [0.1, 0.15) is 116 Å². The lowest BCUT2D eigenvalue weighted by atomic mass is 9.47. The van der Waals surface area contributed by atoms with Crippen molar-refractivity contribution >= 4 is 0 Å². The molecule has 6 saturated heterocycles.